The van der Waals surface area contributed by atoms with E-state index < -0.39 is 0 Å². The predicted octanol–water partition coefficient (Wildman–Crippen LogP) is 5.66. The standard InChI is InChI=1S/C28H29N2OS/c1-4-8-24-19-29-27-18-25(31-3)13-16-28(27)30(24)21(2)17-22-11-14-26(15-12-22)32-20-23-9-6-5-7-10-23/h5-16,18-19H,4,17,20H2,1-3H3/q+1/b24-8-,30-21?. The molecule has 3 nitrogen and oxygen atoms in total. The van der Waals surface area contributed by atoms with E-state index in [0.29, 0.717) is 0 Å². The highest BCUT2D eigenvalue weighted by Gasteiger charge is 2.12. The Balaban J connectivity index is 1.63. The molecule has 0 aliphatic carbocycles. The first kappa shape index (κ1) is 22.1. The molecule has 0 fully saturated rings. The van der Waals surface area contributed by atoms with Crippen LogP contribution in [0.15, 0.2) is 83.9 Å². The third-order valence-corrected chi connectivity index (χ3v) is 6.53. The molecule has 0 aliphatic rings. The van der Waals surface area contributed by atoms with Crippen molar-refractivity contribution in [2.75, 3.05) is 7.11 Å². The molecule has 0 saturated heterocycles. The maximum absolute atomic E-state index is 5.39. The van der Waals surface area contributed by atoms with E-state index >= 15 is 0 Å². The summed E-state index contributed by atoms with van der Waals surface area (Å²) in [5.41, 5.74) is 5.96. The molecule has 162 valence electrons. The maximum atomic E-state index is 5.39. The molecular weight excluding hydrogens is 412 g/mol. The van der Waals surface area contributed by atoms with Gasteiger partial charge in [-0.3, -0.25) is 0 Å². The van der Waals surface area contributed by atoms with E-state index in [0.717, 1.165) is 40.7 Å². The average molecular weight is 442 g/mol. The number of hydrogen-bond donors (Lipinski definition) is 0. The summed E-state index contributed by atoms with van der Waals surface area (Å²) in [6.07, 6.45) is 6.02. The van der Waals surface area contributed by atoms with Crippen LogP contribution in [0.4, 0.5) is 0 Å². The van der Waals surface area contributed by atoms with Crippen molar-refractivity contribution >= 4 is 28.9 Å². The third-order valence-electron chi connectivity index (χ3n) is 5.44. The summed E-state index contributed by atoms with van der Waals surface area (Å²) in [5.74, 6) is 1.81. The smallest absolute Gasteiger partial charge is 0.237 e. The van der Waals surface area contributed by atoms with E-state index in [4.69, 9.17) is 4.74 Å². The number of thioether (sulfide) groups is 1. The highest BCUT2D eigenvalue weighted by atomic mass is 32.2. The van der Waals surface area contributed by atoms with Crippen molar-refractivity contribution in [2.45, 2.75) is 37.3 Å². The van der Waals surface area contributed by atoms with Crippen LogP contribution in [0.3, 0.4) is 0 Å². The van der Waals surface area contributed by atoms with E-state index in [-0.39, 0.29) is 0 Å². The first-order valence-corrected chi connectivity index (χ1v) is 12.0. The van der Waals surface area contributed by atoms with Gasteiger partial charge in [0.05, 0.1) is 19.7 Å². The quantitative estimate of drug-likeness (QED) is 0.274. The molecule has 0 unspecified atom stereocenters. The fraction of sp³-hybridized carbons (Fsp3) is 0.214. The number of fused-ring (bicyclic) bond motifs is 1. The number of rotatable bonds is 7. The summed E-state index contributed by atoms with van der Waals surface area (Å²) in [6.45, 7) is 4.36. The zero-order valence-electron chi connectivity index (χ0n) is 18.9. The Labute approximate surface area is 194 Å². The number of nitrogens with zero attached hydrogens (tertiary/aromatic N) is 2. The minimum Gasteiger partial charge on any atom is -0.497 e. The number of ether oxygens (including phenoxy) is 1. The molecule has 1 heterocycles. The number of benzene rings is 3. The second kappa shape index (κ2) is 10.5. The highest BCUT2D eigenvalue weighted by molar-refractivity contribution is 7.98. The first-order valence-electron chi connectivity index (χ1n) is 11.0. The Hall–Kier alpha value is -3.11. The Morgan fingerprint density at radius 3 is 2.50 bits per heavy atom. The summed E-state index contributed by atoms with van der Waals surface area (Å²) in [6, 6.07) is 25.7. The molecule has 0 amide bonds. The molecule has 32 heavy (non-hydrogen) atoms. The van der Waals surface area contributed by atoms with Crippen LogP contribution >= 0.6 is 11.8 Å². The van der Waals surface area contributed by atoms with Crippen molar-refractivity contribution < 1.29 is 8.98 Å². The van der Waals surface area contributed by atoms with E-state index in [1.807, 2.05) is 30.1 Å². The number of hydrogen-bond acceptors (Lipinski definition) is 3. The van der Waals surface area contributed by atoms with Gasteiger partial charge in [-0.1, -0.05) is 49.4 Å². The Kier molecular flexibility index (Phi) is 7.23. The lowest BCUT2D eigenvalue weighted by atomic mass is 10.1. The minimum absolute atomic E-state index is 0.824. The van der Waals surface area contributed by atoms with Gasteiger partial charge in [0.15, 0.2) is 5.71 Å². The topological polar surface area (TPSA) is 28.0 Å². The van der Waals surface area contributed by atoms with Crippen LogP contribution in [0.5, 0.6) is 5.75 Å². The molecule has 0 saturated carbocycles. The zero-order valence-corrected chi connectivity index (χ0v) is 19.7. The molecule has 4 aromatic rings. The Bertz CT molecular complexity index is 1320. The lowest BCUT2D eigenvalue weighted by molar-refractivity contribution is -0.510. The van der Waals surface area contributed by atoms with Crippen molar-refractivity contribution in [2.24, 2.45) is 0 Å². The Morgan fingerprint density at radius 2 is 1.78 bits per heavy atom. The fourth-order valence-corrected chi connectivity index (χ4v) is 4.71. The van der Waals surface area contributed by atoms with Gasteiger partial charge >= 0.3 is 0 Å². The van der Waals surface area contributed by atoms with Crippen LogP contribution in [0.25, 0.3) is 17.1 Å². The van der Waals surface area contributed by atoms with Gasteiger partial charge in [-0.05, 0) is 41.8 Å². The Morgan fingerprint density at radius 1 is 1.00 bits per heavy atom. The summed E-state index contributed by atoms with van der Waals surface area (Å²) < 4.78 is 7.71. The summed E-state index contributed by atoms with van der Waals surface area (Å²) >= 11 is 1.87. The predicted molar refractivity (Wildman–Crippen MR) is 133 cm³/mol. The summed E-state index contributed by atoms with van der Waals surface area (Å²) in [5, 5.41) is 1.12. The second-order valence-corrected chi connectivity index (χ2v) is 8.86. The minimum atomic E-state index is 0.824. The molecule has 0 spiro atoms. The van der Waals surface area contributed by atoms with E-state index in [2.05, 4.69) is 89.8 Å². The summed E-state index contributed by atoms with van der Waals surface area (Å²) in [4.78, 5) is 5.96. The van der Waals surface area contributed by atoms with Gasteiger partial charge in [0.1, 0.15) is 11.3 Å². The summed E-state index contributed by atoms with van der Waals surface area (Å²) in [7, 11) is 1.69. The average Bonchev–Trinajstić information content (AvgIpc) is 2.84. The fourth-order valence-electron chi connectivity index (χ4n) is 3.85. The third kappa shape index (κ3) is 5.20. The SMILES string of the molecule is CC/C=c1/cnc2cc(OC)ccc2[n+]1=C(C)Cc1ccc(SCc2ccccc2)cc1. The van der Waals surface area contributed by atoms with Crippen molar-refractivity contribution in [3.8, 4) is 5.75 Å². The monoisotopic (exact) mass is 441 g/mol. The molecule has 0 aliphatic heterocycles. The van der Waals surface area contributed by atoms with Crippen LogP contribution < -0.4 is 14.3 Å². The molecule has 4 heteroatoms. The van der Waals surface area contributed by atoms with E-state index in [9.17, 15) is 0 Å². The van der Waals surface area contributed by atoms with Crippen LogP contribution in [0.2, 0.25) is 0 Å². The lowest BCUT2D eigenvalue weighted by Gasteiger charge is -2.04. The molecule has 0 radical (unpaired) electrons. The highest BCUT2D eigenvalue weighted by Crippen LogP contribution is 2.23. The first-order chi connectivity index (χ1) is 15.7. The van der Waals surface area contributed by atoms with Gasteiger partial charge in [-0.25, -0.2) is 4.98 Å². The van der Waals surface area contributed by atoms with Crippen molar-refractivity contribution in [1.82, 2.24) is 4.98 Å². The molecule has 0 bridgehead atoms. The number of methoxy groups -OCH3 is 1. The van der Waals surface area contributed by atoms with Crippen LogP contribution in [0, 0.1) is 5.71 Å². The van der Waals surface area contributed by atoms with Gasteiger partial charge in [-0.2, -0.15) is 4.24 Å². The molecule has 1 aromatic heterocycles. The number of aromatic nitrogens is 2. The molecule has 0 N–H and O–H groups in total. The molecule has 0 atom stereocenters. The van der Waals surface area contributed by atoms with Crippen molar-refractivity contribution in [3.63, 3.8) is 0 Å². The normalized spacial score (nSPS) is 12.8. The lowest BCUT2D eigenvalue weighted by Crippen LogP contribution is -2.41. The van der Waals surface area contributed by atoms with Crippen molar-refractivity contribution in [1.29, 1.82) is 0 Å². The van der Waals surface area contributed by atoms with E-state index in [1.165, 1.54) is 21.7 Å². The van der Waals surface area contributed by atoms with Crippen molar-refractivity contribution in [3.05, 3.63) is 101 Å². The zero-order chi connectivity index (χ0) is 22.3. The van der Waals surface area contributed by atoms with Gasteiger partial charge in [0.25, 0.3) is 0 Å². The molecule has 3 aromatic carbocycles. The molecular formula is C28H29N2OS+. The second-order valence-electron chi connectivity index (χ2n) is 7.82. The van der Waals surface area contributed by atoms with Gasteiger partial charge in [0, 0.05) is 29.7 Å². The van der Waals surface area contributed by atoms with Crippen LogP contribution in [-0.4, -0.2) is 12.1 Å². The van der Waals surface area contributed by atoms with Gasteiger partial charge in [0.2, 0.25) is 10.9 Å². The van der Waals surface area contributed by atoms with E-state index in [1.54, 1.807) is 7.11 Å². The van der Waals surface area contributed by atoms with Crippen LogP contribution in [0.1, 0.15) is 31.4 Å². The molecule has 4 rings (SSSR count). The van der Waals surface area contributed by atoms with Gasteiger partial charge < -0.3 is 4.74 Å². The largest absolute Gasteiger partial charge is 0.497 e. The maximum Gasteiger partial charge on any atom is 0.237 e. The van der Waals surface area contributed by atoms with Crippen LogP contribution in [-0.2, 0) is 12.2 Å². The van der Waals surface area contributed by atoms with Gasteiger partial charge in [-0.15, -0.1) is 11.8 Å².